The van der Waals surface area contributed by atoms with Gasteiger partial charge in [-0.3, -0.25) is 9.36 Å². The Balaban J connectivity index is 1.66. The van der Waals surface area contributed by atoms with Gasteiger partial charge in [0, 0.05) is 26.2 Å². The largest absolute Gasteiger partial charge is 0.496 e. The van der Waals surface area contributed by atoms with Crippen molar-refractivity contribution in [3.8, 4) is 17.6 Å². The molecule has 0 N–H and O–H groups in total. The molecule has 1 aliphatic rings. The number of allylic oxidation sites excluding steroid dienone is 1. The van der Waals surface area contributed by atoms with Crippen molar-refractivity contribution in [2.75, 3.05) is 14.2 Å². The topological polar surface area (TPSA) is 103 Å². The Labute approximate surface area is 258 Å². The molecule has 0 saturated heterocycles. The number of hydrogen-bond acceptors (Lipinski definition) is 8. The van der Waals surface area contributed by atoms with Gasteiger partial charge in [-0.1, -0.05) is 57.1 Å². The number of benzene rings is 3. The third-order valence-corrected chi connectivity index (χ3v) is 8.40. The van der Waals surface area contributed by atoms with Gasteiger partial charge in [-0.25, -0.2) is 9.79 Å². The average Bonchev–Trinajstić information content (AvgIpc) is 3.29. The number of thiazole rings is 1. The molecule has 8 nitrogen and oxygen atoms in total. The van der Waals surface area contributed by atoms with Crippen molar-refractivity contribution in [3.05, 3.63) is 123 Å². The number of nitrogens with zero attached hydrogens (tertiary/aromatic N) is 3. The highest BCUT2D eigenvalue weighted by molar-refractivity contribution is 9.10. The first-order valence-corrected chi connectivity index (χ1v) is 14.6. The van der Waals surface area contributed by atoms with Crippen LogP contribution in [-0.4, -0.2) is 24.8 Å². The highest BCUT2D eigenvalue weighted by Crippen LogP contribution is 2.37. The molecule has 0 aliphatic carbocycles. The van der Waals surface area contributed by atoms with E-state index in [1.54, 1.807) is 49.4 Å². The molecular weight excluding hydrogens is 642 g/mol. The van der Waals surface area contributed by atoms with Gasteiger partial charge < -0.3 is 14.2 Å². The molecule has 0 fully saturated rings. The van der Waals surface area contributed by atoms with Crippen LogP contribution in [0.15, 0.2) is 86.2 Å². The predicted octanol–water partition coefficient (Wildman–Crippen LogP) is 5.28. The van der Waals surface area contributed by atoms with Crippen LogP contribution >= 0.6 is 38.9 Å². The lowest BCUT2D eigenvalue weighted by atomic mass is 9.95. The molecule has 0 unspecified atom stereocenters. The SMILES string of the molecule is COC(=O)C1=C(C)N=c2s/c(=C\c3cc(Br)ccc3OCc3ccccc3C#N)c(=O)n2[C@@H]1c1cc(Cl)ccc1OC. The lowest BCUT2D eigenvalue weighted by molar-refractivity contribution is -0.136. The molecule has 0 amide bonds. The van der Waals surface area contributed by atoms with Gasteiger partial charge in [-0.2, -0.15) is 5.26 Å². The first-order valence-electron chi connectivity index (χ1n) is 12.6. The number of aromatic nitrogens is 1. The Bertz CT molecular complexity index is 1980. The van der Waals surface area contributed by atoms with Gasteiger partial charge in [0.05, 0.1) is 41.7 Å². The zero-order chi connectivity index (χ0) is 30.0. The van der Waals surface area contributed by atoms with Gasteiger partial charge in [0.25, 0.3) is 5.56 Å². The maximum Gasteiger partial charge on any atom is 0.338 e. The highest BCUT2D eigenvalue weighted by Gasteiger charge is 2.35. The number of carbonyl (C=O) groups is 1. The quantitative estimate of drug-likeness (QED) is 0.249. The summed E-state index contributed by atoms with van der Waals surface area (Å²) in [5.74, 6) is 0.365. The Hall–Kier alpha value is -4.17. The van der Waals surface area contributed by atoms with Crippen LogP contribution in [0, 0.1) is 11.3 Å². The smallest absolute Gasteiger partial charge is 0.338 e. The standard InChI is InChI=1S/C31H23BrClN3O5S/c1-17-27(30(38)40-3)28(23-14-22(33)9-11-25(23)39-2)36-29(37)26(42-31(36)35-17)13-20-12-21(32)8-10-24(20)41-16-19-7-5-4-6-18(19)15-34/h4-14,28H,16H2,1-3H3/b26-13-/t28-/m1/s1. The Morgan fingerprint density at radius 1 is 1.17 bits per heavy atom. The van der Waals surface area contributed by atoms with Crippen LogP contribution in [0.25, 0.3) is 6.08 Å². The lowest BCUT2D eigenvalue weighted by Gasteiger charge is -2.25. The first-order chi connectivity index (χ1) is 20.2. The van der Waals surface area contributed by atoms with E-state index < -0.39 is 12.0 Å². The fraction of sp³-hybridized carbons (Fsp3) is 0.161. The minimum absolute atomic E-state index is 0.170. The molecule has 11 heteroatoms. The van der Waals surface area contributed by atoms with E-state index in [9.17, 15) is 14.9 Å². The molecule has 1 atom stereocenters. The van der Waals surface area contributed by atoms with Crippen LogP contribution in [0.2, 0.25) is 5.02 Å². The number of rotatable bonds is 7. The van der Waals surface area contributed by atoms with E-state index in [0.29, 0.717) is 48.2 Å². The van der Waals surface area contributed by atoms with E-state index in [1.807, 2.05) is 24.3 Å². The van der Waals surface area contributed by atoms with Crippen LogP contribution in [0.4, 0.5) is 0 Å². The van der Waals surface area contributed by atoms with Crippen molar-refractivity contribution >= 4 is 50.9 Å². The van der Waals surface area contributed by atoms with Crippen molar-refractivity contribution in [2.45, 2.75) is 19.6 Å². The number of halogens is 2. The Morgan fingerprint density at radius 3 is 2.67 bits per heavy atom. The summed E-state index contributed by atoms with van der Waals surface area (Å²) in [6.45, 7) is 1.87. The summed E-state index contributed by atoms with van der Waals surface area (Å²) in [6.07, 6.45) is 1.73. The zero-order valence-electron chi connectivity index (χ0n) is 22.7. The lowest BCUT2D eigenvalue weighted by Crippen LogP contribution is -2.40. The van der Waals surface area contributed by atoms with Gasteiger partial charge in [0.15, 0.2) is 4.80 Å². The average molecular weight is 665 g/mol. The van der Waals surface area contributed by atoms with Crippen LogP contribution in [0.1, 0.15) is 35.2 Å². The summed E-state index contributed by atoms with van der Waals surface area (Å²) in [6, 6.07) is 19.0. The third-order valence-electron chi connectivity index (χ3n) is 6.69. The first kappa shape index (κ1) is 29.3. The molecule has 3 aromatic carbocycles. The van der Waals surface area contributed by atoms with Gasteiger partial charge >= 0.3 is 5.97 Å². The number of esters is 1. The molecule has 42 heavy (non-hydrogen) atoms. The molecule has 0 saturated carbocycles. The summed E-state index contributed by atoms with van der Waals surface area (Å²) in [7, 11) is 2.79. The molecule has 1 aliphatic heterocycles. The number of nitriles is 1. The van der Waals surface area contributed by atoms with Crippen LogP contribution in [0.3, 0.4) is 0 Å². The molecule has 0 radical (unpaired) electrons. The molecule has 212 valence electrons. The molecule has 2 heterocycles. The van der Waals surface area contributed by atoms with Crippen molar-refractivity contribution in [1.29, 1.82) is 5.26 Å². The van der Waals surface area contributed by atoms with E-state index in [0.717, 1.165) is 10.0 Å². The molecule has 5 rings (SSSR count). The maximum atomic E-state index is 14.1. The second-order valence-corrected chi connectivity index (χ2v) is 11.6. The number of methoxy groups -OCH3 is 2. The van der Waals surface area contributed by atoms with E-state index in [1.165, 1.54) is 30.1 Å². The van der Waals surface area contributed by atoms with Crippen LogP contribution in [0.5, 0.6) is 11.5 Å². The fourth-order valence-corrected chi connectivity index (χ4v) is 6.32. The zero-order valence-corrected chi connectivity index (χ0v) is 25.8. The molecule has 1 aromatic heterocycles. The van der Waals surface area contributed by atoms with E-state index in [-0.39, 0.29) is 17.7 Å². The number of carbonyl (C=O) groups excluding carboxylic acids is 1. The van der Waals surface area contributed by atoms with Gasteiger partial charge in [-0.15, -0.1) is 0 Å². The van der Waals surface area contributed by atoms with Gasteiger partial charge in [0.2, 0.25) is 0 Å². The second kappa shape index (κ2) is 12.4. The summed E-state index contributed by atoms with van der Waals surface area (Å²) in [5.41, 5.74) is 2.71. The Kier molecular flexibility index (Phi) is 8.64. The molecule has 0 bridgehead atoms. The fourth-order valence-electron chi connectivity index (χ4n) is 4.72. The van der Waals surface area contributed by atoms with Gasteiger partial charge in [-0.05, 0) is 55.5 Å². The molecule has 4 aromatic rings. The van der Waals surface area contributed by atoms with Crippen LogP contribution < -0.4 is 24.4 Å². The van der Waals surface area contributed by atoms with E-state index in [4.69, 9.17) is 25.8 Å². The normalized spacial score (nSPS) is 14.6. The van der Waals surface area contributed by atoms with Crippen LogP contribution in [-0.2, 0) is 16.1 Å². The van der Waals surface area contributed by atoms with Crippen molar-refractivity contribution < 1.29 is 19.0 Å². The summed E-state index contributed by atoms with van der Waals surface area (Å²) >= 11 is 11.0. The third kappa shape index (κ3) is 5.63. The Morgan fingerprint density at radius 2 is 1.93 bits per heavy atom. The minimum Gasteiger partial charge on any atom is -0.496 e. The van der Waals surface area contributed by atoms with E-state index in [2.05, 4.69) is 27.0 Å². The monoisotopic (exact) mass is 663 g/mol. The van der Waals surface area contributed by atoms with E-state index >= 15 is 0 Å². The maximum absolute atomic E-state index is 14.1. The number of fused-ring (bicyclic) bond motifs is 1. The minimum atomic E-state index is -0.884. The predicted molar refractivity (Wildman–Crippen MR) is 163 cm³/mol. The summed E-state index contributed by atoms with van der Waals surface area (Å²) < 4.78 is 19.4. The highest BCUT2D eigenvalue weighted by atomic mass is 79.9. The number of hydrogen-bond donors (Lipinski definition) is 0. The van der Waals surface area contributed by atoms with Crippen molar-refractivity contribution in [3.63, 3.8) is 0 Å². The van der Waals surface area contributed by atoms with Crippen molar-refractivity contribution in [2.24, 2.45) is 4.99 Å². The second-order valence-electron chi connectivity index (χ2n) is 9.20. The summed E-state index contributed by atoms with van der Waals surface area (Å²) in [4.78, 5) is 32.1. The summed E-state index contributed by atoms with van der Waals surface area (Å²) in [5, 5.41) is 9.86. The molecule has 0 spiro atoms. The number of ether oxygens (including phenoxy) is 3. The molecular formula is C31H23BrClN3O5S. The van der Waals surface area contributed by atoms with Crippen molar-refractivity contribution in [1.82, 2.24) is 4.57 Å². The van der Waals surface area contributed by atoms with Gasteiger partial charge in [0.1, 0.15) is 24.1 Å².